The van der Waals surface area contributed by atoms with Gasteiger partial charge < -0.3 is 5.73 Å². The highest BCUT2D eigenvalue weighted by Crippen LogP contribution is 2.25. The third-order valence-electron chi connectivity index (χ3n) is 2.53. The standard InChI is InChI=1S/C11H21N3S2/c1-9-13-14-10(16-9)15-7-5-4-6-11(2,3)8-12/h4-8,12H2,1-3H3. The summed E-state index contributed by atoms with van der Waals surface area (Å²) in [6, 6.07) is 0. The van der Waals surface area contributed by atoms with Crippen LogP contribution in [0, 0.1) is 12.3 Å². The second kappa shape index (κ2) is 6.57. The van der Waals surface area contributed by atoms with E-state index in [1.807, 2.05) is 18.7 Å². The molecule has 92 valence electrons. The minimum Gasteiger partial charge on any atom is -0.330 e. The Hall–Kier alpha value is -0.130. The van der Waals surface area contributed by atoms with Gasteiger partial charge in [0.1, 0.15) is 5.01 Å². The van der Waals surface area contributed by atoms with Crippen LogP contribution in [0.3, 0.4) is 0 Å². The molecule has 3 nitrogen and oxygen atoms in total. The minimum atomic E-state index is 0.296. The molecule has 1 rings (SSSR count). The third-order valence-corrected chi connectivity index (χ3v) is 4.59. The minimum absolute atomic E-state index is 0.296. The van der Waals surface area contributed by atoms with Gasteiger partial charge in [-0.15, -0.1) is 10.2 Å². The first-order valence-corrected chi connectivity index (χ1v) is 7.47. The number of nitrogens with zero attached hydrogens (tertiary/aromatic N) is 2. The van der Waals surface area contributed by atoms with E-state index in [-0.39, 0.29) is 0 Å². The van der Waals surface area contributed by atoms with Gasteiger partial charge in [0.15, 0.2) is 4.34 Å². The molecule has 0 aliphatic rings. The number of hydrogen-bond acceptors (Lipinski definition) is 5. The monoisotopic (exact) mass is 259 g/mol. The quantitative estimate of drug-likeness (QED) is 0.604. The zero-order chi connectivity index (χ0) is 12.0. The van der Waals surface area contributed by atoms with Crippen molar-refractivity contribution < 1.29 is 0 Å². The van der Waals surface area contributed by atoms with Crippen LogP contribution in [0.25, 0.3) is 0 Å². The van der Waals surface area contributed by atoms with E-state index in [2.05, 4.69) is 24.0 Å². The molecule has 0 aliphatic heterocycles. The molecule has 0 saturated heterocycles. The van der Waals surface area contributed by atoms with Crippen molar-refractivity contribution in [1.82, 2.24) is 10.2 Å². The molecule has 0 atom stereocenters. The lowest BCUT2D eigenvalue weighted by molar-refractivity contribution is 0.336. The number of aryl methyl sites for hydroxylation is 1. The van der Waals surface area contributed by atoms with Crippen molar-refractivity contribution in [3.8, 4) is 0 Å². The zero-order valence-corrected chi connectivity index (χ0v) is 12.0. The van der Waals surface area contributed by atoms with E-state index in [4.69, 9.17) is 5.73 Å². The van der Waals surface area contributed by atoms with Gasteiger partial charge in [-0.05, 0) is 31.7 Å². The fourth-order valence-electron chi connectivity index (χ4n) is 1.30. The van der Waals surface area contributed by atoms with Gasteiger partial charge in [-0.25, -0.2) is 0 Å². The normalized spacial score (nSPS) is 12.0. The topological polar surface area (TPSA) is 51.8 Å². The number of aromatic nitrogens is 2. The summed E-state index contributed by atoms with van der Waals surface area (Å²) in [6.07, 6.45) is 3.68. The molecule has 0 aliphatic carbocycles. The predicted octanol–water partition coefficient (Wildman–Crippen LogP) is 3.09. The summed E-state index contributed by atoms with van der Waals surface area (Å²) < 4.78 is 1.09. The predicted molar refractivity (Wildman–Crippen MR) is 72.1 cm³/mol. The first kappa shape index (κ1) is 13.9. The lowest BCUT2D eigenvalue weighted by Gasteiger charge is -2.21. The molecule has 16 heavy (non-hydrogen) atoms. The van der Waals surface area contributed by atoms with Crippen LogP contribution in [0.5, 0.6) is 0 Å². The zero-order valence-electron chi connectivity index (χ0n) is 10.3. The van der Waals surface area contributed by atoms with Gasteiger partial charge in [0, 0.05) is 5.75 Å². The molecule has 1 heterocycles. The molecule has 0 bridgehead atoms. The number of thioether (sulfide) groups is 1. The molecule has 5 heteroatoms. The lowest BCUT2D eigenvalue weighted by Crippen LogP contribution is -2.23. The Morgan fingerprint density at radius 3 is 2.62 bits per heavy atom. The molecule has 0 radical (unpaired) electrons. The number of nitrogens with two attached hydrogens (primary N) is 1. The molecule has 2 N–H and O–H groups in total. The van der Waals surface area contributed by atoms with Crippen LogP contribution in [-0.4, -0.2) is 22.5 Å². The Labute approximate surface area is 106 Å². The first-order valence-electron chi connectivity index (χ1n) is 5.66. The van der Waals surface area contributed by atoms with Crippen molar-refractivity contribution in [2.24, 2.45) is 11.1 Å². The molecular formula is C11H21N3S2. The maximum Gasteiger partial charge on any atom is 0.174 e. The second-order valence-corrected chi connectivity index (χ2v) is 7.28. The van der Waals surface area contributed by atoms with E-state index < -0.39 is 0 Å². The Bertz CT molecular complexity index is 310. The van der Waals surface area contributed by atoms with Gasteiger partial charge in [-0.2, -0.15) is 0 Å². The van der Waals surface area contributed by atoms with Crippen LogP contribution in [-0.2, 0) is 0 Å². The molecule has 0 amide bonds. The van der Waals surface area contributed by atoms with E-state index >= 15 is 0 Å². The highest BCUT2D eigenvalue weighted by Gasteiger charge is 2.14. The van der Waals surface area contributed by atoms with Gasteiger partial charge in [-0.1, -0.05) is 43.4 Å². The van der Waals surface area contributed by atoms with E-state index in [1.54, 1.807) is 11.3 Å². The summed E-state index contributed by atoms with van der Waals surface area (Å²) >= 11 is 3.49. The number of rotatable bonds is 7. The van der Waals surface area contributed by atoms with Gasteiger partial charge in [0.2, 0.25) is 0 Å². The summed E-state index contributed by atoms with van der Waals surface area (Å²) in [4.78, 5) is 0. The van der Waals surface area contributed by atoms with E-state index in [0.717, 1.165) is 21.6 Å². The molecule has 0 unspecified atom stereocenters. The summed E-state index contributed by atoms with van der Waals surface area (Å²) in [5.74, 6) is 1.13. The van der Waals surface area contributed by atoms with Crippen molar-refractivity contribution in [2.45, 2.75) is 44.4 Å². The summed E-state index contributed by atoms with van der Waals surface area (Å²) in [5, 5.41) is 9.14. The highest BCUT2D eigenvalue weighted by atomic mass is 32.2. The fraction of sp³-hybridized carbons (Fsp3) is 0.818. The molecule has 0 fully saturated rings. The lowest BCUT2D eigenvalue weighted by atomic mass is 9.88. The van der Waals surface area contributed by atoms with Crippen molar-refractivity contribution in [3.05, 3.63) is 5.01 Å². The molecule has 1 aromatic heterocycles. The SMILES string of the molecule is Cc1nnc(SCCCCC(C)(C)CN)s1. The highest BCUT2D eigenvalue weighted by molar-refractivity contribution is 8.01. The van der Waals surface area contributed by atoms with Gasteiger partial charge in [0.05, 0.1) is 0 Å². The Morgan fingerprint density at radius 2 is 2.06 bits per heavy atom. The third kappa shape index (κ3) is 5.27. The number of hydrogen-bond donors (Lipinski definition) is 1. The molecule has 0 spiro atoms. The van der Waals surface area contributed by atoms with Crippen molar-refractivity contribution in [2.75, 3.05) is 12.3 Å². The van der Waals surface area contributed by atoms with E-state index in [0.29, 0.717) is 5.41 Å². The second-order valence-electron chi connectivity index (χ2n) is 4.76. The largest absolute Gasteiger partial charge is 0.330 e. The molecule has 0 saturated carbocycles. The van der Waals surface area contributed by atoms with Gasteiger partial charge >= 0.3 is 0 Å². The van der Waals surface area contributed by atoms with Crippen LogP contribution >= 0.6 is 23.1 Å². The molecule has 0 aromatic carbocycles. The smallest absolute Gasteiger partial charge is 0.174 e. The Balaban J connectivity index is 2.08. The van der Waals surface area contributed by atoms with Crippen molar-refractivity contribution in [1.29, 1.82) is 0 Å². The van der Waals surface area contributed by atoms with Crippen LogP contribution < -0.4 is 5.73 Å². The van der Waals surface area contributed by atoms with Gasteiger partial charge in [0.25, 0.3) is 0 Å². The van der Waals surface area contributed by atoms with E-state index in [1.165, 1.54) is 19.3 Å². The summed E-state index contributed by atoms with van der Waals surface area (Å²) in [6.45, 7) is 7.23. The first-order chi connectivity index (χ1) is 7.53. The Morgan fingerprint density at radius 1 is 1.31 bits per heavy atom. The Kier molecular flexibility index (Phi) is 5.72. The van der Waals surface area contributed by atoms with Crippen molar-refractivity contribution >= 4 is 23.1 Å². The maximum atomic E-state index is 5.69. The molecular weight excluding hydrogens is 238 g/mol. The van der Waals surface area contributed by atoms with Crippen LogP contribution in [0.4, 0.5) is 0 Å². The van der Waals surface area contributed by atoms with E-state index in [9.17, 15) is 0 Å². The van der Waals surface area contributed by atoms with Crippen LogP contribution in [0.1, 0.15) is 38.1 Å². The van der Waals surface area contributed by atoms with Gasteiger partial charge in [-0.3, -0.25) is 0 Å². The maximum absolute atomic E-state index is 5.69. The van der Waals surface area contributed by atoms with Crippen LogP contribution in [0.2, 0.25) is 0 Å². The summed E-state index contributed by atoms with van der Waals surface area (Å²) in [7, 11) is 0. The van der Waals surface area contributed by atoms with Crippen molar-refractivity contribution in [3.63, 3.8) is 0 Å². The fourth-order valence-corrected chi connectivity index (χ4v) is 3.19. The molecule has 1 aromatic rings. The average Bonchev–Trinajstić information content (AvgIpc) is 2.64. The van der Waals surface area contributed by atoms with Crippen LogP contribution in [0.15, 0.2) is 4.34 Å². The summed E-state index contributed by atoms with van der Waals surface area (Å²) in [5.41, 5.74) is 5.99. The average molecular weight is 259 g/mol. The number of unbranched alkanes of at least 4 members (excludes halogenated alkanes) is 1.